The van der Waals surface area contributed by atoms with E-state index in [9.17, 15) is 21.6 Å². The van der Waals surface area contributed by atoms with Gasteiger partial charge in [-0.3, -0.25) is 0 Å². The van der Waals surface area contributed by atoms with E-state index in [0.717, 1.165) is 43.0 Å². The third kappa shape index (κ3) is 5.71. The van der Waals surface area contributed by atoms with Gasteiger partial charge in [0.2, 0.25) is 10.0 Å². The average molecular weight is 428 g/mol. The zero-order valence-electron chi connectivity index (χ0n) is 15.8. The Bertz CT molecular complexity index is 879. The van der Waals surface area contributed by atoms with E-state index < -0.39 is 21.8 Å². The molecule has 1 heterocycles. The molecular weight excluding hydrogens is 405 g/mol. The molecule has 0 N–H and O–H groups in total. The smallest absolute Gasteiger partial charge is 0.416 e. The van der Waals surface area contributed by atoms with Gasteiger partial charge in [-0.15, -0.1) is 0 Å². The van der Waals surface area contributed by atoms with Gasteiger partial charge in [-0.25, -0.2) is 8.42 Å². The lowest BCUT2D eigenvalue weighted by Gasteiger charge is -2.34. The minimum atomic E-state index is -4.49. The summed E-state index contributed by atoms with van der Waals surface area (Å²) in [4.78, 5) is 2.04. The number of hydrogen-bond acceptors (Lipinski definition) is 4. The van der Waals surface area contributed by atoms with Crippen LogP contribution in [-0.2, 0) is 16.2 Å². The molecule has 2 aromatic rings. The zero-order valence-corrected chi connectivity index (χ0v) is 16.6. The second kappa shape index (κ2) is 9.15. The summed E-state index contributed by atoms with van der Waals surface area (Å²) < 4.78 is 70.3. The molecule has 2 aromatic carbocycles. The molecule has 1 saturated heterocycles. The molecular formula is C20H23F3N2O3S. The summed E-state index contributed by atoms with van der Waals surface area (Å²) in [6.07, 6.45) is -3.67. The van der Waals surface area contributed by atoms with Gasteiger partial charge in [0, 0.05) is 32.7 Å². The molecule has 0 bridgehead atoms. The van der Waals surface area contributed by atoms with E-state index in [0.29, 0.717) is 32.8 Å². The molecule has 0 spiro atoms. The summed E-state index contributed by atoms with van der Waals surface area (Å²) in [6, 6.07) is 13.2. The Hall–Kier alpha value is -2.10. The highest BCUT2D eigenvalue weighted by molar-refractivity contribution is 7.89. The summed E-state index contributed by atoms with van der Waals surface area (Å²) in [5.41, 5.74) is -0.862. The van der Waals surface area contributed by atoms with E-state index in [1.54, 1.807) is 0 Å². The molecule has 0 radical (unpaired) electrons. The molecule has 3 rings (SSSR count). The van der Waals surface area contributed by atoms with E-state index in [1.807, 2.05) is 30.3 Å². The lowest BCUT2D eigenvalue weighted by molar-refractivity contribution is -0.137. The second-order valence-corrected chi connectivity index (χ2v) is 8.72. The molecule has 158 valence electrons. The Kier molecular flexibility index (Phi) is 6.81. The predicted molar refractivity (Wildman–Crippen MR) is 103 cm³/mol. The second-order valence-electron chi connectivity index (χ2n) is 6.78. The van der Waals surface area contributed by atoms with Crippen molar-refractivity contribution in [3.63, 3.8) is 0 Å². The van der Waals surface area contributed by atoms with Crippen LogP contribution in [0.15, 0.2) is 59.5 Å². The number of piperazine rings is 1. The lowest BCUT2D eigenvalue weighted by atomic mass is 10.2. The van der Waals surface area contributed by atoms with E-state index in [2.05, 4.69) is 4.90 Å². The number of halogens is 3. The molecule has 5 nitrogen and oxygen atoms in total. The molecule has 1 aliphatic heterocycles. The van der Waals surface area contributed by atoms with E-state index in [1.165, 1.54) is 4.31 Å². The number of benzene rings is 2. The van der Waals surface area contributed by atoms with Crippen molar-refractivity contribution in [1.82, 2.24) is 9.21 Å². The third-order valence-electron chi connectivity index (χ3n) is 4.78. The van der Waals surface area contributed by atoms with Crippen LogP contribution in [0, 0.1) is 0 Å². The Morgan fingerprint density at radius 2 is 1.52 bits per heavy atom. The maximum absolute atomic E-state index is 12.7. The first-order chi connectivity index (χ1) is 13.8. The summed E-state index contributed by atoms with van der Waals surface area (Å²) in [5.74, 6) is 0.819. The van der Waals surface area contributed by atoms with Gasteiger partial charge in [-0.1, -0.05) is 18.2 Å². The maximum Gasteiger partial charge on any atom is 0.416 e. The molecule has 0 aliphatic carbocycles. The van der Waals surface area contributed by atoms with Gasteiger partial charge in [0.25, 0.3) is 0 Å². The fraction of sp³-hybridized carbons (Fsp3) is 0.400. The monoisotopic (exact) mass is 428 g/mol. The molecule has 1 aliphatic rings. The van der Waals surface area contributed by atoms with Crippen molar-refractivity contribution in [2.24, 2.45) is 0 Å². The number of nitrogens with zero attached hydrogens (tertiary/aromatic N) is 2. The first kappa shape index (κ1) is 21.6. The number of para-hydroxylation sites is 1. The van der Waals surface area contributed by atoms with Crippen LogP contribution in [0.3, 0.4) is 0 Å². The Labute approximate surface area is 168 Å². The summed E-state index contributed by atoms with van der Waals surface area (Å²) in [6.45, 7) is 3.14. The number of hydrogen-bond donors (Lipinski definition) is 0. The third-order valence-corrected chi connectivity index (χ3v) is 6.69. The van der Waals surface area contributed by atoms with Gasteiger partial charge in [0.05, 0.1) is 17.1 Å². The van der Waals surface area contributed by atoms with Crippen molar-refractivity contribution in [3.8, 4) is 5.75 Å². The number of rotatable bonds is 7. The quantitative estimate of drug-likeness (QED) is 0.634. The lowest BCUT2D eigenvalue weighted by Crippen LogP contribution is -2.48. The van der Waals surface area contributed by atoms with Gasteiger partial charge < -0.3 is 9.64 Å². The highest BCUT2D eigenvalue weighted by Gasteiger charge is 2.32. The van der Waals surface area contributed by atoms with Crippen LogP contribution in [0.1, 0.15) is 12.0 Å². The maximum atomic E-state index is 12.7. The Morgan fingerprint density at radius 3 is 2.10 bits per heavy atom. The zero-order chi connectivity index (χ0) is 20.9. The van der Waals surface area contributed by atoms with Crippen LogP contribution in [0.25, 0.3) is 0 Å². The van der Waals surface area contributed by atoms with Crippen LogP contribution in [-0.4, -0.2) is 57.0 Å². The van der Waals surface area contributed by atoms with Crippen molar-refractivity contribution >= 4 is 10.0 Å². The predicted octanol–water partition coefficient (Wildman–Crippen LogP) is 3.48. The molecule has 0 unspecified atom stereocenters. The van der Waals surface area contributed by atoms with Crippen molar-refractivity contribution in [1.29, 1.82) is 0 Å². The largest absolute Gasteiger partial charge is 0.494 e. The highest BCUT2D eigenvalue weighted by Crippen LogP contribution is 2.30. The molecule has 9 heteroatoms. The standard InChI is InChI=1S/C20H23F3N2O3S/c21-20(22,23)17-7-9-19(10-8-17)29(26,27)25-14-12-24(13-15-25)11-4-16-28-18-5-2-1-3-6-18/h1-3,5-10H,4,11-16H2. The summed E-state index contributed by atoms with van der Waals surface area (Å²) >= 11 is 0. The van der Waals surface area contributed by atoms with Crippen molar-refractivity contribution in [2.45, 2.75) is 17.5 Å². The van der Waals surface area contributed by atoms with E-state index >= 15 is 0 Å². The first-order valence-electron chi connectivity index (χ1n) is 9.34. The van der Waals surface area contributed by atoms with E-state index in [4.69, 9.17) is 4.74 Å². The first-order valence-corrected chi connectivity index (χ1v) is 10.8. The Balaban J connectivity index is 1.46. The number of alkyl halides is 3. The van der Waals surface area contributed by atoms with E-state index in [-0.39, 0.29) is 4.90 Å². The van der Waals surface area contributed by atoms with Crippen molar-refractivity contribution < 1.29 is 26.3 Å². The van der Waals surface area contributed by atoms with Gasteiger partial charge in [-0.05, 0) is 42.8 Å². The van der Waals surface area contributed by atoms with Gasteiger partial charge in [0.1, 0.15) is 5.75 Å². The topological polar surface area (TPSA) is 49.9 Å². The molecule has 0 saturated carbocycles. The minimum absolute atomic E-state index is 0.116. The fourth-order valence-corrected chi connectivity index (χ4v) is 4.58. The van der Waals surface area contributed by atoms with Crippen LogP contribution in [0.2, 0.25) is 0 Å². The average Bonchev–Trinajstić information content (AvgIpc) is 2.72. The number of sulfonamides is 1. The molecule has 1 fully saturated rings. The highest BCUT2D eigenvalue weighted by atomic mass is 32.2. The SMILES string of the molecule is O=S(=O)(c1ccc(C(F)(F)F)cc1)N1CCN(CCCOc2ccccc2)CC1. The van der Waals surface area contributed by atoms with Crippen LogP contribution in [0.4, 0.5) is 13.2 Å². The van der Waals surface area contributed by atoms with Crippen LogP contribution in [0.5, 0.6) is 5.75 Å². The van der Waals surface area contributed by atoms with Crippen LogP contribution < -0.4 is 4.74 Å². The summed E-state index contributed by atoms with van der Waals surface area (Å²) in [5, 5.41) is 0. The molecule has 0 atom stereocenters. The Morgan fingerprint density at radius 1 is 0.897 bits per heavy atom. The molecule has 0 amide bonds. The van der Waals surface area contributed by atoms with Gasteiger partial charge >= 0.3 is 6.18 Å². The molecule has 29 heavy (non-hydrogen) atoms. The normalized spacial score (nSPS) is 16.7. The van der Waals surface area contributed by atoms with Gasteiger partial charge in [-0.2, -0.15) is 17.5 Å². The number of ether oxygens (including phenoxy) is 1. The van der Waals surface area contributed by atoms with Gasteiger partial charge in [0.15, 0.2) is 0 Å². The van der Waals surface area contributed by atoms with Crippen molar-refractivity contribution in [3.05, 3.63) is 60.2 Å². The molecule has 0 aromatic heterocycles. The minimum Gasteiger partial charge on any atom is -0.494 e. The fourth-order valence-electron chi connectivity index (χ4n) is 3.15. The van der Waals surface area contributed by atoms with Crippen molar-refractivity contribution in [2.75, 3.05) is 39.3 Å². The van der Waals surface area contributed by atoms with Crippen LogP contribution >= 0.6 is 0 Å². The summed E-state index contributed by atoms with van der Waals surface area (Å²) in [7, 11) is -3.79.